The van der Waals surface area contributed by atoms with Gasteiger partial charge >= 0.3 is 0 Å². The third kappa shape index (κ3) is 2.04. The van der Waals surface area contributed by atoms with Crippen LogP contribution in [0.3, 0.4) is 0 Å². The average molecular weight is 237 g/mol. The third-order valence-electron chi connectivity index (χ3n) is 1.85. The van der Waals surface area contributed by atoms with Gasteiger partial charge in [0, 0.05) is 12.7 Å². The Morgan fingerprint density at radius 2 is 2.23 bits per heavy atom. The van der Waals surface area contributed by atoms with E-state index in [1.54, 1.807) is 6.20 Å². The molecule has 1 aromatic rings. The van der Waals surface area contributed by atoms with E-state index < -0.39 is 0 Å². The molecule has 1 aliphatic heterocycles. The predicted molar refractivity (Wildman–Crippen MR) is 57.3 cm³/mol. The minimum Gasteiger partial charge on any atom is -0.283 e. The Kier molecular flexibility index (Phi) is 2.54. The lowest BCUT2D eigenvalue weighted by molar-refractivity contribution is 0.982. The summed E-state index contributed by atoms with van der Waals surface area (Å²) in [6, 6.07) is 5.85. The maximum atomic E-state index is 4.40. The molecular weight excluding hydrogens is 228 g/mol. The van der Waals surface area contributed by atoms with Crippen LogP contribution in [-0.2, 0) is 0 Å². The zero-order valence-electron chi connectivity index (χ0n) is 7.07. The van der Waals surface area contributed by atoms with Crippen molar-refractivity contribution < 1.29 is 0 Å². The molecule has 0 atom stereocenters. The van der Waals surface area contributed by atoms with Crippen LogP contribution in [0.5, 0.6) is 0 Å². The van der Waals surface area contributed by atoms with Crippen LogP contribution in [0.2, 0.25) is 0 Å². The maximum absolute atomic E-state index is 4.40. The van der Waals surface area contributed by atoms with Crippen LogP contribution in [0.1, 0.15) is 12.1 Å². The first kappa shape index (κ1) is 8.63. The number of allylic oxidation sites excluding steroid dienone is 1. The van der Waals surface area contributed by atoms with Crippen LogP contribution < -0.4 is 0 Å². The van der Waals surface area contributed by atoms with Gasteiger partial charge in [0.2, 0.25) is 0 Å². The van der Waals surface area contributed by atoms with E-state index in [4.69, 9.17) is 0 Å². The van der Waals surface area contributed by atoms with Gasteiger partial charge in [-0.25, -0.2) is 0 Å². The second kappa shape index (κ2) is 3.83. The van der Waals surface area contributed by atoms with Crippen molar-refractivity contribution in [2.24, 2.45) is 4.99 Å². The summed E-state index contributed by atoms with van der Waals surface area (Å²) in [6.45, 7) is 0.850. The van der Waals surface area contributed by atoms with Gasteiger partial charge in [-0.1, -0.05) is 22.0 Å². The van der Waals surface area contributed by atoms with Crippen molar-refractivity contribution in [3.63, 3.8) is 0 Å². The maximum Gasteiger partial charge on any atom is 0.0881 e. The topological polar surface area (TPSA) is 25.2 Å². The average Bonchev–Trinajstić information content (AvgIpc) is 2.19. The van der Waals surface area contributed by atoms with Crippen LogP contribution in [0.4, 0.5) is 0 Å². The van der Waals surface area contributed by atoms with E-state index in [1.165, 1.54) is 4.48 Å². The fourth-order valence-corrected chi connectivity index (χ4v) is 1.61. The summed E-state index contributed by atoms with van der Waals surface area (Å²) < 4.78 is 1.20. The summed E-state index contributed by atoms with van der Waals surface area (Å²) in [4.78, 5) is 8.64. The van der Waals surface area contributed by atoms with Gasteiger partial charge in [-0.05, 0) is 29.1 Å². The molecule has 0 saturated carbocycles. The molecule has 3 heteroatoms. The van der Waals surface area contributed by atoms with Gasteiger partial charge in [-0.15, -0.1) is 0 Å². The van der Waals surface area contributed by atoms with E-state index in [-0.39, 0.29) is 0 Å². The van der Waals surface area contributed by atoms with Crippen LogP contribution in [0.25, 0.3) is 0 Å². The van der Waals surface area contributed by atoms with Crippen molar-refractivity contribution in [3.8, 4) is 0 Å². The van der Waals surface area contributed by atoms with Gasteiger partial charge in [-0.2, -0.15) is 0 Å². The van der Waals surface area contributed by atoms with E-state index in [0.717, 1.165) is 24.4 Å². The monoisotopic (exact) mass is 236 g/mol. The molecule has 0 N–H and O–H groups in total. The summed E-state index contributed by atoms with van der Waals surface area (Å²) in [6.07, 6.45) is 4.82. The molecule has 0 aliphatic carbocycles. The number of nitrogens with zero attached hydrogens (tertiary/aromatic N) is 2. The molecule has 0 spiro atoms. The molecule has 0 unspecified atom stereocenters. The van der Waals surface area contributed by atoms with Gasteiger partial charge < -0.3 is 0 Å². The molecule has 2 heterocycles. The first-order valence-corrected chi connectivity index (χ1v) is 4.97. The Bertz CT molecular complexity index is 354. The zero-order chi connectivity index (χ0) is 9.10. The van der Waals surface area contributed by atoms with Crippen molar-refractivity contribution in [2.45, 2.75) is 6.42 Å². The lowest BCUT2D eigenvalue weighted by Gasteiger charge is -2.07. The number of halogens is 1. The normalized spacial score (nSPS) is 16.4. The first-order chi connectivity index (χ1) is 6.36. The molecule has 0 amide bonds. The van der Waals surface area contributed by atoms with Gasteiger partial charge in [0.05, 0.1) is 11.4 Å². The Morgan fingerprint density at radius 3 is 2.92 bits per heavy atom. The SMILES string of the molecule is BrC1=CC(c2ccccn2)=NCC1. The number of hydrogen-bond donors (Lipinski definition) is 0. The number of rotatable bonds is 1. The van der Waals surface area contributed by atoms with Crippen molar-refractivity contribution in [1.82, 2.24) is 4.98 Å². The number of aliphatic imine (C=N–C) groups is 1. The molecule has 66 valence electrons. The van der Waals surface area contributed by atoms with E-state index in [1.807, 2.05) is 24.3 Å². The van der Waals surface area contributed by atoms with Crippen molar-refractivity contribution in [2.75, 3.05) is 6.54 Å². The Balaban J connectivity index is 2.33. The second-order valence-corrected chi connectivity index (χ2v) is 3.84. The highest BCUT2D eigenvalue weighted by atomic mass is 79.9. The lowest BCUT2D eigenvalue weighted by Crippen LogP contribution is -2.05. The molecule has 2 nitrogen and oxygen atoms in total. The fourth-order valence-electron chi connectivity index (χ4n) is 1.22. The molecule has 2 rings (SSSR count). The zero-order valence-corrected chi connectivity index (χ0v) is 8.66. The molecule has 0 aromatic carbocycles. The fraction of sp³-hybridized carbons (Fsp3) is 0.200. The van der Waals surface area contributed by atoms with E-state index in [9.17, 15) is 0 Å². The van der Waals surface area contributed by atoms with Crippen LogP contribution in [0, 0.1) is 0 Å². The first-order valence-electron chi connectivity index (χ1n) is 4.18. The van der Waals surface area contributed by atoms with Crippen LogP contribution >= 0.6 is 15.9 Å². The molecule has 1 aromatic heterocycles. The third-order valence-corrected chi connectivity index (χ3v) is 2.48. The van der Waals surface area contributed by atoms with Gasteiger partial charge in [-0.3, -0.25) is 9.98 Å². The Hall–Kier alpha value is -0.960. The van der Waals surface area contributed by atoms with Crippen molar-refractivity contribution in [1.29, 1.82) is 0 Å². The molecule has 0 fully saturated rings. The summed E-state index contributed by atoms with van der Waals surface area (Å²) >= 11 is 3.48. The number of aromatic nitrogens is 1. The van der Waals surface area contributed by atoms with Crippen molar-refractivity contribution in [3.05, 3.63) is 40.6 Å². The van der Waals surface area contributed by atoms with Crippen LogP contribution in [-0.4, -0.2) is 17.2 Å². The molecule has 13 heavy (non-hydrogen) atoms. The smallest absolute Gasteiger partial charge is 0.0881 e. The highest BCUT2D eigenvalue weighted by Gasteiger charge is 2.06. The summed E-state index contributed by atoms with van der Waals surface area (Å²) in [5, 5.41) is 0. The van der Waals surface area contributed by atoms with E-state index in [0.29, 0.717) is 0 Å². The molecule has 0 bridgehead atoms. The van der Waals surface area contributed by atoms with Gasteiger partial charge in [0.25, 0.3) is 0 Å². The van der Waals surface area contributed by atoms with E-state index in [2.05, 4.69) is 25.9 Å². The molecular formula is C10H9BrN2. The highest BCUT2D eigenvalue weighted by molar-refractivity contribution is 9.11. The Labute approximate surface area is 85.5 Å². The molecule has 0 saturated heterocycles. The second-order valence-electron chi connectivity index (χ2n) is 2.82. The summed E-state index contributed by atoms with van der Waals surface area (Å²) in [5.41, 5.74) is 1.91. The number of pyridine rings is 1. The molecule has 1 aliphatic rings. The van der Waals surface area contributed by atoms with Crippen molar-refractivity contribution >= 4 is 21.6 Å². The summed E-state index contributed by atoms with van der Waals surface area (Å²) in [7, 11) is 0. The minimum absolute atomic E-state index is 0.850. The van der Waals surface area contributed by atoms with E-state index >= 15 is 0 Å². The standard InChI is InChI=1S/C10H9BrN2/c11-8-4-6-13-10(7-8)9-3-1-2-5-12-9/h1-3,5,7H,4,6H2. The number of dihydropyridines is 1. The minimum atomic E-state index is 0.850. The molecule has 0 radical (unpaired) electrons. The lowest BCUT2D eigenvalue weighted by atomic mass is 10.2. The highest BCUT2D eigenvalue weighted by Crippen LogP contribution is 2.16. The largest absolute Gasteiger partial charge is 0.283 e. The summed E-state index contributed by atoms with van der Waals surface area (Å²) in [5.74, 6) is 0. The van der Waals surface area contributed by atoms with Gasteiger partial charge in [0.1, 0.15) is 0 Å². The Morgan fingerprint density at radius 1 is 1.31 bits per heavy atom. The predicted octanol–water partition coefficient (Wildman–Crippen LogP) is 2.55. The van der Waals surface area contributed by atoms with Gasteiger partial charge in [0.15, 0.2) is 0 Å². The number of hydrogen-bond acceptors (Lipinski definition) is 2. The van der Waals surface area contributed by atoms with Crippen LogP contribution in [0.15, 0.2) is 39.9 Å². The quantitative estimate of drug-likeness (QED) is 0.736.